The number of nitrogens with one attached hydrogen (secondary N) is 1. The van der Waals surface area contributed by atoms with Gasteiger partial charge in [-0.15, -0.1) is 0 Å². The van der Waals surface area contributed by atoms with Gasteiger partial charge >= 0.3 is 0 Å². The number of amidine groups is 1. The Morgan fingerprint density at radius 2 is 2.14 bits per heavy atom. The molecule has 110 valence electrons. The number of carbonyl (C=O) groups is 1. The summed E-state index contributed by atoms with van der Waals surface area (Å²) in [5, 5.41) is 17.6. The summed E-state index contributed by atoms with van der Waals surface area (Å²) < 4.78 is 27.9. The number of nitrogens with two attached hydrogens (primary N) is 1. The fourth-order valence-electron chi connectivity index (χ4n) is 1.67. The van der Waals surface area contributed by atoms with Gasteiger partial charge in [0.2, 0.25) is 0 Å². The highest BCUT2D eigenvalue weighted by Crippen LogP contribution is 2.17. The Labute approximate surface area is 117 Å². The van der Waals surface area contributed by atoms with E-state index in [1.165, 1.54) is 17.9 Å². The maximum atomic E-state index is 13.5. The Morgan fingerprint density at radius 1 is 1.43 bits per heavy atom. The second kappa shape index (κ2) is 5.57. The lowest BCUT2D eigenvalue weighted by atomic mass is 10.2. The van der Waals surface area contributed by atoms with E-state index in [1.54, 1.807) is 0 Å². The standard InChI is InChI=1S/C12H11F2N5O2/c1-19-11(8(5-16-19)10(15)18-21)17-12(20)7-4-6(13)2-3-9(7)14/h2-5,21H,1H3,(H2,15,18)(H,17,20). The summed E-state index contributed by atoms with van der Waals surface area (Å²) in [7, 11) is 1.49. The van der Waals surface area contributed by atoms with Crippen molar-refractivity contribution < 1.29 is 18.8 Å². The molecule has 4 N–H and O–H groups in total. The molecular weight excluding hydrogens is 284 g/mol. The number of nitrogens with zero attached hydrogens (tertiary/aromatic N) is 3. The zero-order valence-corrected chi connectivity index (χ0v) is 10.8. The Balaban J connectivity index is 2.36. The van der Waals surface area contributed by atoms with Crippen LogP contribution in [0.15, 0.2) is 29.6 Å². The highest BCUT2D eigenvalue weighted by atomic mass is 19.1. The molecule has 0 saturated heterocycles. The maximum absolute atomic E-state index is 13.5. The van der Waals surface area contributed by atoms with Crippen molar-refractivity contribution in [3.05, 3.63) is 47.2 Å². The number of oxime groups is 1. The average Bonchev–Trinajstić information content (AvgIpc) is 2.82. The predicted octanol–water partition coefficient (Wildman–Crippen LogP) is 1.05. The van der Waals surface area contributed by atoms with Gasteiger partial charge in [0.05, 0.1) is 17.3 Å². The molecule has 1 amide bonds. The van der Waals surface area contributed by atoms with Gasteiger partial charge in [0.1, 0.15) is 17.5 Å². The van der Waals surface area contributed by atoms with E-state index in [0.29, 0.717) is 0 Å². The monoisotopic (exact) mass is 295 g/mol. The number of benzene rings is 1. The molecule has 21 heavy (non-hydrogen) atoms. The second-order valence-electron chi connectivity index (χ2n) is 4.09. The smallest absolute Gasteiger partial charge is 0.259 e. The first kappa shape index (κ1) is 14.4. The number of halogens is 2. The molecule has 0 aliphatic heterocycles. The van der Waals surface area contributed by atoms with Crippen molar-refractivity contribution in [3.8, 4) is 0 Å². The Hall–Kier alpha value is -2.97. The third-order valence-electron chi connectivity index (χ3n) is 2.73. The van der Waals surface area contributed by atoms with Gasteiger partial charge in [0, 0.05) is 7.05 Å². The number of anilines is 1. The summed E-state index contributed by atoms with van der Waals surface area (Å²) >= 11 is 0. The molecule has 9 heteroatoms. The lowest BCUT2D eigenvalue weighted by Gasteiger charge is -2.08. The molecule has 0 saturated carbocycles. The van der Waals surface area contributed by atoms with Crippen LogP contribution in [0.25, 0.3) is 0 Å². The van der Waals surface area contributed by atoms with Crippen LogP contribution < -0.4 is 11.1 Å². The average molecular weight is 295 g/mol. The van der Waals surface area contributed by atoms with Gasteiger partial charge in [0.15, 0.2) is 5.84 Å². The van der Waals surface area contributed by atoms with Gasteiger partial charge in [-0.3, -0.25) is 9.48 Å². The quantitative estimate of drug-likeness (QED) is 0.340. The Morgan fingerprint density at radius 3 is 2.81 bits per heavy atom. The van der Waals surface area contributed by atoms with Crippen LogP contribution in [0.2, 0.25) is 0 Å². The van der Waals surface area contributed by atoms with Crippen molar-refractivity contribution in [1.82, 2.24) is 9.78 Å². The molecule has 2 rings (SSSR count). The largest absolute Gasteiger partial charge is 0.409 e. The Kier molecular flexibility index (Phi) is 3.83. The van der Waals surface area contributed by atoms with Crippen LogP contribution in [0.4, 0.5) is 14.6 Å². The number of rotatable bonds is 3. The highest BCUT2D eigenvalue weighted by molar-refractivity contribution is 6.09. The number of hydrogen-bond donors (Lipinski definition) is 3. The number of carbonyl (C=O) groups excluding carboxylic acids is 1. The van der Waals surface area contributed by atoms with E-state index in [1.807, 2.05) is 0 Å². The summed E-state index contributed by atoms with van der Waals surface area (Å²) in [5.74, 6) is -2.70. The van der Waals surface area contributed by atoms with Gasteiger partial charge in [0.25, 0.3) is 5.91 Å². The summed E-state index contributed by atoms with van der Waals surface area (Å²) in [4.78, 5) is 12.0. The minimum absolute atomic E-state index is 0.0824. The van der Waals surface area contributed by atoms with Crippen LogP contribution in [-0.2, 0) is 7.05 Å². The van der Waals surface area contributed by atoms with Crippen molar-refractivity contribution >= 4 is 17.6 Å². The molecule has 0 atom stereocenters. The Bertz CT molecular complexity index is 726. The number of aryl methyl sites for hydroxylation is 1. The van der Waals surface area contributed by atoms with E-state index in [2.05, 4.69) is 15.6 Å². The normalized spacial score (nSPS) is 11.5. The van der Waals surface area contributed by atoms with Gasteiger partial charge in [-0.25, -0.2) is 8.78 Å². The zero-order chi connectivity index (χ0) is 15.6. The number of hydrogen-bond acceptors (Lipinski definition) is 4. The molecule has 0 bridgehead atoms. The lowest BCUT2D eigenvalue weighted by molar-refractivity contribution is 0.102. The number of amides is 1. The third-order valence-corrected chi connectivity index (χ3v) is 2.73. The molecule has 2 aromatic rings. The van der Waals surface area contributed by atoms with Crippen molar-refractivity contribution in [1.29, 1.82) is 0 Å². The first-order valence-corrected chi connectivity index (χ1v) is 5.70. The second-order valence-corrected chi connectivity index (χ2v) is 4.09. The van der Waals surface area contributed by atoms with Crippen LogP contribution in [0.1, 0.15) is 15.9 Å². The van der Waals surface area contributed by atoms with Gasteiger partial charge < -0.3 is 16.3 Å². The van der Waals surface area contributed by atoms with Crippen molar-refractivity contribution in [2.75, 3.05) is 5.32 Å². The zero-order valence-electron chi connectivity index (χ0n) is 10.8. The van der Waals surface area contributed by atoms with E-state index >= 15 is 0 Å². The van der Waals surface area contributed by atoms with E-state index in [-0.39, 0.29) is 17.2 Å². The minimum atomic E-state index is -0.886. The minimum Gasteiger partial charge on any atom is -0.409 e. The predicted molar refractivity (Wildman–Crippen MR) is 70.0 cm³/mol. The number of aromatic nitrogens is 2. The van der Waals surface area contributed by atoms with Crippen molar-refractivity contribution in [2.45, 2.75) is 0 Å². The van der Waals surface area contributed by atoms with Crippen LogP contribution >= 0.6 is 0 Å². The van der Waals surface area contributed by atoms with Crippen molar-refractivity contribution in [2.24, 2.45) is 17.9 Å². The van der Waals surface area contributed by atoms with E-state index in [9.17, 15) is 13.6 Å². The molecule has 1 heterocycles. The molecule has 0 aliphatic rings. The fourth-order valence-corrected chi connectivity index (χ4v) is 1.67. The SMILES string of the molecule is Cn1ncc(C(N)=NO)c1NC(=O)c1cc(F)ccc1F. The topological polar surface area (TPSA) is 106 Å². The van der Waals surface area contributed by atoms with E-state index < -0.39 is 23.1 Å². The van der Waals surface area contributed by atoms with Crippen LogP contribution in [0, 0.1) is 11.6 Å². The van der Waals surface area contributed by atoms with Gasteiger partial charge in [-0.2, -0.15) is 5.10 Å². The molecule has 1 aromatic heterocycles. The molecule has 0 fully saturated rings. The van der Waals surface area contributed by atoms with Crippen LogP contribution in [-0.4, -0.2) is 26.7 Å². The molecule has 0 spiro atoms. The third kappa shape index (κ3) is 2.81. The molecule has 0 radical (unpaired) electrons. The molecule has 7 nitrogen and oxygen atoms in total. The summed E-state index contributed by atoms with van der Waals surface area (Å²) in [6.07, 6.45) is 1.26. The molecule has 0 unspecified atom stereocenters. The van der Waals surface area contributed by atoms with Gasteiger partial charge in [-0.1, -0.05) is 5.16 Å². The summed E-state index contributed by atoms with van der Waals surface area (Å²) in [6.45, 7) is 0. The van der Waals surface area contributed by atoms with Crippen molar-refractivity contribution in [3.63, 3.8) is 0 Å². The lowest BCUT2D eigenvalue weighted by Crippen LogP contribution is -2.20. The summed E-state index contributed by atoms with van der Waals surface area (Å²) in [6, 6.07) is 2.51. The highest BCUT2D eigenvalue weighted by Gasteiger charge is 2.18. The summed E-state index contributed by atoms with van der Waals surface area (Å²) in [5.41, 5.74) is 5.11. The molecule has 1 aromatic carbocycles. The van der Waals surface area contributed by atoms with E-state index in [0.717, 1.165) is 18.2 Å². The maximum Gasteiger partial charge on any atom is 0.259 e. The first-order chi connectivity index (χ1) is 9.93. The van der Waals surface area contributed by atoms with Crippen LogP contribution in [0.5, 0.6) is 0 Å². The first-order valence-electron chi connectivity index (χ1n) is 5.70. The molecular formula is C12H11F2N5O2. The van der Waals surface area contributed by atoms with Gasteiger partial charge in [-0.05, 0) is 18.2 Å². The van der Waals surface area contributed by atoms with E-state index in [4.69, 9.17) is 10.9 Å². The fraction of sp³-hybridized carbons (Fsp3) is 0.0833. The molecule has 0 aliphatic carbocycles. The van der Waals surface area contributed by atoms with Crippen LogP contribution in [0.3, 0.4) is 0 Å².